The van der Waals surface area contributed by atoms with Gasteiger partial charge in [0.25, 0.3) is 5.91 Å². The van der Waals surface area contributed by atoms with Crippen molar-refractivity contribution in [3.63, 3.8) is 0 Å². The van der Waals surface area contributed by atoms with Gasteiger partial charge in [-0.25, -0.2) is 0 Å². The molecule has 0 saturated heterocycles. The molecule has 1 saturated carbocycles. The number of anilines is 1. The predicted octanol–water partition coefficient (Wildman–Crippen LogP) is 3.27. The van der Waals surface area contributed by atoms with E-state index in [0.29, 0.717) is 24.5 Å². The number of amides is 2. The van der Waals surface area contributed by atoms with Gasteiger partial charge < -0.3 is 19.4 Å². The summed E-state index contributed by atoms with van der Waals surface area (Å²) in [6.07, 6.45) is 2.43. The fourth-order valence-electron chi connectivity index (χ4n) is 3.01. The number of carbonyl (C=O) groups excluding carboxylic acids is 2. The molecule has 1 aromatic carbocycles. The highest BCUT2D eigenvalue weighted by Gasteiger charge is 2.45. The lowest BCUT2D eigenvalue weighted by Gasteiger charge is -2.18. The molecule has 0 bridgehead atoms. The second-order valence-electron chi connectivity index (χ2n) is 6.34. The summed E-state index contributed by atoms with van der Waals surface area (Å²) < 4.78 is 10.9. The minimum Gasteiger partial charge on any atom is -0.484 e. The third-order valence-corrected chi connectivity index (χ3v) is 4.62. The Labute approximate surface area is 153 Å². The van der Waals surface area contributed by atoms with Crippen molar-refractivity contribution in [2.75, 3.05) is 25.0 Å². The highest BCUT2D eigenvalue weighted by molar-refractivity contribution is 5.95. The van der Waals surface area contributed by atoms with Crippen molar-refractivity contribution < 1.29 is 18.7 Å². The predicted molar refractivity (Wildman–Crippen MR) is 98.1 cm³/mol. The van der Waals surface area contributed by atoms with Crippen LogP contribution < -0.4 is 10.1 Å². The van der Waals surface area contributed by atoms with Gasteiger partial charge in [-0.2, -0.15) is 0 Å². The van der Waals surface area contributed by atoms with Crippen LogP contribution in [0.1, 0.15) is 31.9 Å². The molecule has 0 radical (unpaired) electrons. The molecule has 0 spiro atoms. The maximum Gasteiger partial charge on any atom is 0.260 e. The van der Waals surface area contributed by atoms with Gasteiger partial charge in [-0.05, 0) is 44.5 Å². The summed E-state index contributed by atoms with van der Waals surface area (Å²) in [5, 5.41) is 2.91. The molecule has 1 aromatic heterocycles. The van der Waals surface area contributed by atoms with Crippen LogP contribution in [0, 0.1) is 5.92 Å². The average Bonchev–Trinajstić information content (AvgIpc) is 3.27. The van der Waals surface area contributed by atoms with Crippen molar-refractivity contribution in [1.29, 1.82) is 0 Å². The standard InChI is InChI=1S/C20H24N2O4/c1-3-22(4-2)19(23)13-26-15-8-5-7-14(11-15)21-20(24)17-12-16(17)18-9-6-10-25-18/h5-11,16-17H,3-4,12-13H2,1-2H3,(H,21,24). The first kappa shape index (κ1) is 18.0. The Morgan fingerprint density at radius 2 is 2.04 bits per heavy atom. The minimum atomic E-state index is -0.0602. The molecule has 138 valence electrons. The quantitative estimate of drug-likeness (QED) is 0.788. The van der Waals surface area contributed by atoms with Crippen molar-refractivity contribution in [2.24, 2.45) is 5.92 Å². The zero-order valence-electron chi connectivity index (χ0n) is 15.1. The Kier molecular flexibility index (Phi) is 5.61. The molecule has 26 heavy (non-hydrogen) atoms. The minimum absolute atomic E-state index is 0.0116. The fourth-order valence-corrected chi connectivity index (χ4v) is 3.01. The van der Waals surface area contributed by atoms with Gasteiger partial charge in [0.05, 0.1) is 6.26 Å². The van der Waals surface area contributed by atoms with E-state index >= 15 is 0 Å². The van der Waals surface area contributed by atoms with E-state index in [-0.39, 0.29) is 30.3 Å². The maximum atomic E-state index is 12.4. The summed E-state index contributed by atoms with van der Waals surface area (Å²) in [6, 6.07) is 10.8. The third-order valence-electron chi connectivity index (χ3n) is 4.62. The van der Waals surface area contributed by atoms with Crippen LogP contribution in [0.25, 0.3) is 0 Å². The van der Waals surface area contributed by atoms with E-state index in [2.05, 4.69) is 5.32 Å². The number of ether oxygens (including phenoxy) is 1. The van der Waals surface area contributed by atoms with E-state index in [9.17, 15) is 9.59 Å². The number of nitrogens with zero attached hydrogens (tertiary/aromatic N) is 1. The maximum absolute atomic E-state index is 12.4. The molecule has 2 unspecified atom stereocenters. The lowest BCUT2D eigenvalue weighted by molar-refractivity contribution is -0.133. The van der Waals surface area contributed by atoms with Crippen LogP contribution in [-0.4, -0.2) is 36.4 Å². The summed E-state index contributed by atoms with van der Waals surface area (Å²) in [5.41, 5.74) is 0.660. The normalized spacial score (nSPS) is 18.2. The lowest BCUT2D eigenvalue weighted by atomic mass is 10.2. The largest absolute Gasteiger partial charge is 0.484 e. The highest BCUT2D eigenvalue weighted by atomic mass is 16.5. The van der Waals surface area contributed by atoms with Crippen LogP contribution in [0.15, 0.2) is 47.1 Å². The number of rotatable bonds is 8. The van der Waals surface area contributed by atoms with Crippen LogP contribution in [0.5, 0.6) is 5.75 Å². The van der Waals surface area contributed by atoms with Gasteiger partial charge in [-0.15, -0.1) is 0 Å². The van der Waals surface area contributed by atoms with Crippen molar-refractivity contribution in [3.8, 4) is 5.75 Å². The zero-order valence-corrected chi connectivity index (χ0v) is 15.1. The molecule has 6 heteroatoms. The second-order valence-corrected chi connectivity index (χ2v) is 6.34. The van der Waals surface area contributed by atoms with E-state index in [1.807, 2.05) is 26.0 Å². The molecule has 0 aliphatic heterocycles. The van der Waals surface area contributed by atoms with Crippen molar-refractivity contribution in [1.82, 2.24) is 4.90 Å². The summed E-state index contributed by atoms with van der Waals surface area (Å²) in [6.45, 7) is 5.18. The Hall–Kier alpha value is -2.76. The van der Waals surface area contributed by atoms with E-state index < -0.39 is 0 Å². The van der Waals surface area contributed by atoms with Crippen LogP contribution >= 0.6 is 0 Å². The van der Waals surface area contributed by atoms with E-state index in [1.54, 1.807) is 35.4 Å². The Morgan fingerprint density at radius 1 is 1.23 bits per heavy atom. The first-order valence-electron chi connectivity index (χ1n) is 8.97. The average molecular weight is 356 g/mol. The van der Waals surface area contributed by atoms with Crippen LogP contribution in [0.3, 0.4) is 0 Å². The molecule has 3 rings (SSSR count). The van der Waals surface area contributed by atoms with Gasteiger partial charge in [0.2, 0.25) is 5.91 Å². The Morgan fingerprint density at radius 3 is 2.73 bits per heavy atom. The summed E-state index contributed by atoms with van der Waals surface area (Å²) in [4.78, 5) is 26.1. The highest BCUT2D eigenvalue weighted by Crippen LogP contribution is 2.48. The van der Waals surface area contributed by atoms with E-state index in [0.717, 1.165) is 12.2 Å². The molecule has 1 heterocycles. The van der Waals surface area contributed by atoms with Gasteiger partial charge in [0.1, 0.15) is 11.5 Å². The molecule has 1 N–H and O–H groups in total. The Balaban J connectivity index is 1.53. The number of likely N-dealkylation sites (N-methyl/N-ethyl adjacent to an activating group) is 1. The first-order valence-corrected chi connectivity index (χ1v) is 8.97. The summed E-state index contributed by atoms with van der Waals surface area (Å²) in [7, 11) is 0. The smallest absolute Gasteiger partial charge is 0.260 e. The van der Waals surface area contributed by atoms with Crippen molar-refractivity contribution in [3.05, 3.63) is 48.4 Å². The third kappa shape index (κ3) is 4.25. The van der Waals surface area contributed by atoms with Gasteiger partial charge >= 0.3 is 0 Å². The molecular formula is C20H24N2O4. The van der Waals surface area contributed by atoms with Crippen LogP contribution in [-0.2, 0) is 9.59 Å². The number of hydrogen-bond donors (Lipinski definition) is 1. The van der Waals surface area contributed by atoms with E-state index in [4.69, 9.17) is 9.15 Å². The number of hydrogen-bond acceptors (Lipinski definition) is 4. The van der Waals surface area contributed by atoms with Crippen molar-refractivity contribution >= 4 is 17.5 Å². The number of nitrogens with one attached hydrogen (secondary N) is 1. The number of carbonyl (C=O) groups is 2. The van der Waals surface area contributed by atoms with Gasteiger partial charge in [0.15, 0.2) is 6.61 Å². The summed E-state index contributed by atoms with van der Waals surface area (Å²) in [5.74, 6) is 1.44. The zero-order chi connectivity index (χ0) is 18.5. The monoisotopic (exact) mass is 356 g/mol. The lowest BCUT2D eigenvalue weighted by Crippen LogP contribution is -2.34. The molecule has 1 aliphatic rings. The van der Waals surface area contributed by atoms with Gasteiger partial charge in [-0.1, -0.05) is 6.07 Å². The number of benzene rings is 1. The molecule has 2 atom stereocenters. The molecule has 1 aliphatic carbocycles. The van der Waals surface area contributed by atoms with Gasteiger partial charge in [0, 0.05) is 36.7 Å². The summed E-state index contributed by atoms with van der Waals surface area (Å²) >= 11 is 0. The number of furan rings is 1. The molecule has 2 aromatic rings. The van der Waals surface area contributed by atoms with Crippen LogP contribution in [0.2, 0.25) is 0 Å². The van der Waals surface area contributed by atoms with Crippen molar-refractivity contribution in [2.45, 2.75) is 26.2 Å². The Bertz CT molecular complexity index is 753. The molecule has 6 nitrogen and oxygen atoms in total. The molecule has 1 fully saturated rings. The fraction of sp³-hybridized carbons (Fsp3) is 0.400. The van der Waals surface area contributed by atoms with E-state index in [1.165, 1.54) is 0 Å². The topological polar surface area (TPSA) is 71.8 Å². The SMILES string of the molecule is CCN(CC)C(=O)COc1cccc(NC(=O)C2CC2c2ccco2)c1. The molecule has 2 amide bonds. The molecular weight excluding hydrogens is 332 g/mol. The second kappa shape index (κ2) is 8.08. The first-order chi connectivity index (χ1) is 12.6. The van der Waals surface area contributed by atoms with Gasteiger partial charge in [-0.3, -0.25) is 9.59 Å². The van der Waals surface area contributed by atoms with Crippen LogP contribution in [0.4, 0.5) is 5.69 Å².